The minimum absolute atomic E-state index is 0. The number of carbonyl (C=O) groups is 3. The zero-order valence-electron chi connectivity index (χ0n) is 15.5. The van der Waals surface area contributed by atoms with Crippen molar-refractivity contribution in [2.45, 2.75) is 31.3 Å². The summed E-state index contributed by atoms with van der Waals surface area (Å²) in [4.78, 5) is 38.3. The van der Waals surface area contributed by atoms with Crippen molar-refractivity contribution in [3.8, 4) is 0 Å². The quantitative estimate of drug-likeness (QED) is 0.537. The van der Waals surface area contributed by atoms with Gasteiger partial charge in [-0.3, -0.25) is 19.3 Å². The molecular weight excluding hydrogens is 370 g/mol. The maximum absolute atomic E-state index is 12.4. The Labute approximate surface area is 165 Å². The number of halogens is 1. The van der Waals surface area contributed by atoms with E-state index in [-0.39, 0.29) is 30.1 Å². The minimum atomic E-state index is -0.742. The van der Waals surface area contributed by atoms with E-state index >= 15 is 0 Å². The minimum Gasteiger partial charge on any atom is -0.368 e. The summed E-state index contributed by atoms with van der Waals surface area (Å²) in [5.74, 6) is -0.549. The Bertz CT molecular complexity index is 669. The molecule has 2 heterocycles. The van der Waals surface area contributed by atoms with Gasteiger partial charge in [0.25, 0.3) is 17.7 Å². The molecule has 0 spiro atoms. The van der Waals surface area contributed by atoms with Gasteiger partial charge in [0.05, 0.1) is 11.1 Å². The van der Waals surface area contributed by atoms with Crippen molar-refractivity contribution >= 4 is 30.1 Å². The molecule has 0 saturated carbocycles. The average molecular weight is 396 g/mol. The van der Waals surface area contributed by atoms with Crippen molar-refractivity contribution in [1.29, 1.82) is 0 Å². The Morgan fingerprint density at radius 1 is 1.15 bits per heavy atom. The third kappa shape index (κ3) is 4.31. The lowest BCUT2D eigenvalue weighted by Gasteiger charge is -2.34. The summed E-state index contributed by atoms with van der Waals surface area (Å²) in [6.07, 6.45) is 2.65. The number of nitrogens with one attached hydrogen (secondary N) is 2. The first-order valence-corrected chi connectivity index (χ1v) is 9.08. The number of piperidine rings is 1. The fourth-order valence-electron chi connectivity index (χ4n) is 3.55. The number of nitrogens with zero attached hydrogens (tertiary/aromatic N) is 1. The fraction of sp³-hybridized carbons (Fsp3) is 0.526. The van der Waals surface area contributed by atoms with E-state index in [1.807, 2.05) is 0 Å². The van der Waals surface area contributed by atoms with Crippen LogP contribution in [0.1, 0.15) is 46.4 Å². The van der Waals surface area contributed by atoms with Crippen LogP contribution in [0, 0.1) is 0 Å². The second-order valence-electron chi connectivity index (χ2n) is 6.72. The van der Waals surface area contributed by atoms with Crippen molar-refractivity contribution in [1.82, 2.24) is 15.5 Å². The van der Waals surface area contributed by atoms with Crippen LogP contribution < -0.4 is 10.6 Å². The van der Waals surface area contributed by atoms with E-state index in [4.69, 9.17) is 4.74 Å². The normalized spacial score (nSPS) is 18.0. The summed E-state index contributed by atoms with van der Waals surface area (Å²) >= 11 is 0. The third-order valence-corrected chi connectivity index (χ3v) is 5.19. The predicted molar refractivity (Wildman–Crippen MR) is 103 cm³/mol. The Morgan fingerprint density at radius 3 is 2.30 bits per heavy atom. The number of hydrogen-bond donors (Lipinski definition) is 2. The van der Waals surface area contributed by atoms with Gasteiger partial charge in [-0.25, -0.2) is 0 Å². The van der Waals surface area contributed by atoms with Gasteiger partial charge in [-0.1, -0.05) is 12.1 Å². The number of imide groups is 1. The van der Waals surface area contributed by atoms with Gasteiger partial charge in [-0.2, -0.15) is 0 Å². The van der Waals surface area contributed by atoms with Gasteiger partial charge in [-0.05, 0) is 50.9 Å². The standard InChI is InChI=1S/C19H25N3O4.ClH/c1-26-19(8-11-20-12-9-19)18(25)21-10-4-5-13-22-16(23)14-6-2-3-7-15(14)17(22)24;/h2-3,6-7,20H,4-5,8-13H2,1H3,(H,21,25);1H. The molecule has 1 aromatic carbocycles. The molecule has 3 amide bonds. The van der Waals surface area contributed by atoms with Gasteiger partial charge < -0.3 is 15.4 Å². The Balaban J connectivity index is 0.00000261. The Kier molecular flexibility index (Phi) is 7.35. The van der Waals surface area contributed by atoms with Crippen molar-refractivity contribution in [2.24, 2.45) is 0 Å². The van der Waals surface area contributed by atoms with Crippen LogP contribution in [0.15, 0.2) is 24.3 Å². The first-order chi connectivity index (χ1) is 12.6. The molecule has 27 heavy (non-hydrogen) atoms. The predicted octanol–water partition coefficient (Wildman–Crippen LogP) is 1.37. The molecule has 2 N–H and O–H groups in total. The molecule has 8 heteroatoms. The molecule has 0 unspecified atom stereocenters. The van der Waals surface area contributed by atoms with Crippen LogP contribution >= 0.6 is 12.4 Å². The molecule has 148 valence electrons. The topological polar surface area (TPSA) is 87.7 Å². The van der Waals surface area contributed by atoms with Crippen LogP contribution in [0.3, 0.4) is 0 Å². The van der Waals surface area contributed by atoms with Crippen molar-refractivity contribution < 1.29 is 19.1 Å². The second kappa shape index (κ2) is 9.30. The van der Waals surface area contributed by atoms with Gasteiger partial charge in [0, 0.05) is 20.2 Å². The fourth-order valence-corrected chi connectivity index (χ4v) is 3.55. The van der Waals surface area contributed by atoms with Crippen LogP contribution in [-0.2, 0) is 9.53 Å². The summed E-state index contributed by atoms with van der Waals surface area (Å²) in [6, 6.07) is 6.88. The van der Waals surface area contributed by atoms with Gasteiger partial charge in [-0.15, -0.1) is 12.4 Å². The maximum Gasteiger partial charge on any atom is 0.261 e. The van der Waals surface area contributed by atoms with E-state index in [0.29, 0.717) is 49.9 Å². The number of hydrogen-bond acceptors (Lipinski definition) is 5. The molecule has 7 nitrogen and oxygen atoms in total. The molecule has 0 atom stereocenters. The summed E-state index contributed by atoms with van der Waals surface area (Å²) in [6.45, 7) is 2.39. The summed E-state index contributed by atoms with van der Waals surface area (Å²) in [5, 5.41) is 6.15. The number of benzene rings is 1. The highest BCUT2D eigenvalue weighted by Gasteiger charge is 2.39. The highest BCUT2D eigenvalue weighted by Crippen LogP contribution is 2.23. The lowest BCUT2D eigenvalue weighted by molar-refractivity contribution is -0.146. The van der Waals surface area contributed by atoms with E-state index in [1.165, 1.54) is 4.90 Å². The van der Waals surface area contributed by atoms with E-state index in [0.717, 1.165) is 13.1 Å². The number of rotatable bonds is 7. The monoisotopic (exact) mass is 395 g/mol. The highest BCUT2D eigenvalue weighted by molar-refractivity contribution is 6.21. The number of fused-ring (bicyclic) bond motifs is 1. The van der Waals surface area contributed by atoms with Crippen LogP contribution in [0.5, 0.6) is 0 Å². The van der Waals surface area contributed by atoms with E-state index in [1.54, 1.807) is 31.4 Å². The molecule has 1 aromatic rings. The number of ether oxygens (including phenoxy) is 1. The smallest absolute Gasteiger partial charge is 0.261 e. The Hall–Kier alpha value is -1.96. The number of methoxy groups -OCH3 is 1. The molecule has 2 aliphatic heterocycles. The summed E-state index contributed by atoms with van der Waals surface area (Å²) in [7, 11) is 1.58. The van der Waals surface area contributed by atoms with Gasteiger partial charge in [0.15, 0.2) is 0 Å². The van der Waals surface area contributed by atoms with E-state index in [2.05, 4.69) is 10.6 Å². The molecule has 0 radical (unpaired) electrons. The van der Waals surface area contributed by atoms with Crippen LogP contribution in [0.25, 0.3) is 0 Å². The third-order valence-electron chi connectivity index (χ3n) is 5.19. The lowest BCUT2D eigenvalue weighted by Crippen LogP contribution is -2.54. The lowest BCUT2D eigenvalue weighted by atomic mass is 9.91. The molecular formula is C19H26ClN3O4. The van der Waals surface area contributed by atoms with Crippen molar-refractivity contribution in [3.63, 3.8) is 0 Å². The molecule has 3 rings (SSSR count). The van der Waals surface area contributed by atoms with E-state index < -0.39 is 5.60 Å². The highest BCUT2D eigenvalue weighted by atomic mass is 35.5. The number of amides is 3. The first-order valence-electron chi connectivity index (χ1n) is 9.08. The van der Waals surface area contributed by atoms with Crippen LogP contribution in [-0.4, -0.2) is 61.5 Å². The molecule has 0 aliphatic carbocycles. The first kappa shape index (κ1) is 21.3. The largest absolute Gasteiger partial charge is 0.368 e. The number of unbranched alkanes of at least 4 members (excludes halogenated alkanes) is 1. The molecule has 1 saturated heterocycles. The zero-order valence-corrected chi connectivity index (χ0v) is 16.3. The van der Waals surface area contributed by atoms with Crippen molar-refractivity contribution in [2.75, 3.05) is 33.3 Å². The number of carbonyl (C=O) groups excluding carboxylic acids is 3. The Morgan fingerprint density at radius 2 is 1.74 bits per heavy atom. The SMILES string of the molecule is COC1(C(=O)NCCCCN2C(=O)c3ccccc3C2=O)CCNCC1.Cl. The average Bonchev–Trinajstić information content (AvgIpc) is 2.93. The molecule has 0 bridgehead atoms. The van der Waals surface area contributed by atoms with Crippen LogP contribution in [0.4, 0.5) is 0 Å². The maximum atomic E-state index is 12.4. The van der Waals surface area contributed by atoms with Crippen molar-refractivity contribution in [3.05, 3.63) is 35.4 Å². The van der Waals surface area contributed by atoms with Gasteiger partial charge in [0.1, 0.15) is 5.60 Å². The van der Waals surface area contributed by atoms with Crippen LogP contribution in [0.2, 0.25) is 0 Å². The summed E-state index contributed by atoms with van der Waals surface area (Å²) < 4.78 is 5.49. The van der Waals surface area contributed by atoms with E-state index in [9.17, 15) is 14.4 Å². The molecule has 0 aromatic heterocycles. The summed E-state index contributed by atoms with van der Waals surface area (Å²) in [5.41, 5.74) is 0.200. The van der Waals surface area contributed by atoms with Gasteiger partial charge in [0.2, 0.25) is 0 Å². The molecule has 1 fully saturated rings. The van der Waals surface area contributed by atoms with Gasteiger partial charge >= 0.3 is 0 Å². The second-order valence-corrected chi connectivity index (χ2v) is 6.72. The zero-order chi connectivity index (χ0) is 18.6. The molecule has 2 aliphatic rings.